The molecule has 1 aliphatic heterocycles. The predicted molar refractivity (Wildman–Crippen MR) is 88.5 cm³/mol. The van der Waals surface area contributed by atoms with Crippen LogP contribution in [0.1, 0.15) is 5.69 Å². The summed E-state index contributed by atoms with van der Waals surface area (Å²) in [6.45, 7) is 7.87. The van der Waals surface area contributed by atoms with Crippen molar-refractivity contribution in [3.05, 3.63) is 10.7 Å². The lowest BCUT2D eigenvalue weighted by molar-refractivity contribution is 0.249. The first-order valence-electron chi connectivity index (χ1n) is 6.13. The van der Waals surface area contributed by atoms with E-state index < -0.39 is 0 Å². The van der Waals surface area contributed by atoms with Gasteiger partial charge in [-0.3, -0.25) is 4.90 Å². The standard InChI is InChI=1S/C11H19ClN6.2ClH/c1-8-9(12)10(17-11(13)16-8)15-4-7-18-5-2-14-3-6-18;;/h14H,2-7H2,1H3,(H3,13,15,16,17);2*1H. The largest absolute Gasteiger partial charge is 0.368 e. The summed E-state index contributed by atoms with van der Waals surface area (Å²) in [4.78, 5) is 10.5. The van der Waals surface area contributed by atoms with Crippen molar-refractivity contribution in [1.82, 2.24) is 20.2 Å². The molecule has 0 bridgehead atoms. The lowest BCUT2D eigenvalue weighted by Gasteiger charge is -2.27. The SMILES string of the molecule is Cc1nc(N)nc(NCCN2CCNCC2)c1Cl.Cl.Cl. The lowest BCUT2D eigenvalue weighted by atomic mass is 10.3. The highest BCUT2D eigenvalue weighted by Gasteiger charge is 2.10. The minimum Gasteiger partial charge on any atom is -0.368 e. The van der Waals surface area contributed by atoms with Crippen LogP contribution in [0.3, 0.4) is 0 Å². The predicted octanol–water partition coefficient (Wildman–Crippen LogP) is 1.18. The lowest BCUT2D eigenvalue weighted by Crippen LogP contribution is -2.45. The number of aromatic nitrogens is 2. The molecule has 0 unspecified atom stereocenters. The smallest absolute Gasteiger partial charge is 0.222 e. The normalized spacial score (nSPS) is 15.1. The Bertz CT molecular complexity index is 411. The molecule has 2 heterocycles. The second-order valence-electron chi connectivity index (χ2n) is 4.35. The van der Waals surface area contributed by atoms with Crippen LogP contribution in [0.2, 0.25) is 5.02 Å². The molecular weight excluding hydrogens is 323 g/mol. The van der Waals surface area contributed by atoms with Gasteiger partial charge in [-0.1, -0.05) is 11.6 Å². The number of nitrogens with two attached hydrogens (primary N) is 1. The van der Waals surface area contributed by atoms with Gasteiger partial charge in [-0.05, 0) is 6.92 Å². The van der Waals surface area contributed by atoms with Crippen molar-refractivity contribution in [3.63, 3.8) is 0 Å². The van der Waals surface area contributed by atoms with E-state index >= 15 is 0 Å². The first-order valence-corrected chi connectivity index (χ1v) is 6.51. The van der Waals surface area contributed by atoms with Crippen molar-refractivity contribution in [2.24, 2.45) is 0 Å². The summed E-state index contributed by atoms with van der Waals surface area (Å²) in [5.74, 6) is 0.873. The van der Waals surface area contributed by atoms with E-state index in [4.69, 9.17) is 17.3 Å². The Morgan fingerprint density at radius 1 is 1.30 bits per heavy atom. The Kier molecular flexibility index (Phi) is 9.16. The van der Waals surface area contributed by atoms with Gasteiger partial charge in [-0.15, -0.1) is 24.8 Å². The molecule has 2 rings (SSSR count). The summed E-state index contributed by atoms with van der Waals surface area (Å²) < 4.78 is 0. The molecule has 1 aromatic rings. The number of nitrogens with one attached hydrogen (secondary N) is 2. The van der Waals surface area contributed by atoms with Gasteiger partial charge in [0.25, 0.3) is 0 Å². The molecule has 0 saturated carbocycles. The third-order valence-corrected chi connectivity index (χ3v) is 3.42. The highest BCUT2D eigenvalue weighted by atomic mass is 35.5. The Morgan fingerprint density at radius 3 is 2.60 bits per heavy atom. The van der Waals surface area contributed by atoms with Crippen molar-refractivity contribution in [1.29, 1.82) is 0 Å². The molecule has 0 aliphatic carbocycles. The molecule has 9 heteroatoms. The van der Waals surface area contributed by atoms with Crippen LogP contribution in [0, 0.1) is 6.92 Å². The monoisotopic (exact) mass is 342 g/mol. The second-order valence-corrected chi connectivity index (χ2v) is 4.73. The van der Waals surface area contributed by atoms with Gasteiger partial charge >= 0.3 is 0 Å². The van der Waals surface area contributed by atoms with E-state index in [9.17, 15) is 0 Å². The Morgan fingerprint density at radius 2 is 1.95 bits per heavy atom. The van der Waals surface area contributed by atoms with Crippen LogP contribution in [-0.4, -0.2) is 54.1 Å². The summed E-state index contributed by atoms with van der Waals surface area (Å²) >= 11 is 6.12. The van der Waals surface area contributed by atoms with Crippen LogP contribution in [0.25, 0.3) is 0 Å². The maximum atomic E-state index is 6.12. The van der Waals surface area contributed by atoms with Crippen LogP contribution in [0.15, 0.2) is 0 Å². The summed E-state index contributed by atoms with van der Waals surface area (Å²) in [6.07, 6.45) is 0. The van der Waals surface area contributed by atoms with Crippen LogP contribution >= 0.6 is 36.4 Å². The van der Waals surface area contributed by atoms with Crippen molar-refractivity contribution in [2.45, 2.75) is 6.92 Å². The molecule has 1 saturated heterocycles. The fraction of sp³-hybridized carbons (Fsp3) is 0.636. The van der Waals surface area contributed by atoms with Gasteiger partial charge in [0.15, 0.2) is 5.82 Å². The van der Waals surface area contributed by atoms with Crippen LogP contribution in [-0.2, 0) is 0 Å². The molecular formula is C11H21Cl3N6. The Labute approximate surface area is 136 Å². The third-order valence-electron chi connectivity index (χ3n) is 2.96. The molecule has 0 amide bonds. The topological polar surface area (TPSA) is 79.1 Å². The van der Waals surface area contributed by atoms with Crippen LogP contribution < -0.4 is 16.4 Å². The van der Waals surface area contributed by atoms with Crippen molar-refractivity contribution in [3.8, 4) is 0 Å². The van der Waals surface area contributed by atoms with E-state index in [1.807, 2.05) is 6.92 Å². The van der Waals surface area contributed by atoms with Gasteiger partial charge < -0.3 is 16.4 Å². The fourth-order valence-electron chi connectivity index (χ4n) is 1.97. The summed E-state index contributed by atoms with van der Waals surface area (Å²) in [5, 5.41) is 7.09. The first kappa shape index (κ1) is 19.5. The molecule has 1 aliphatic rings. The van der Waals surface area contributed by atoms with Crippen LogP contribution in [0.5, 0.6) is 0 Å². The van der Waals surface area contributed by atoms with Crippen molar-refractivity contribution >= 4 is 48.2 Å². The molecule has 20 heavy (non-hydrogen) atoms. The first-order chi connectivity index (χ1) is 8.66. The zero-order chi connectivity index (χ0) is 13.0. The molecule has 0 spiro atoms. The number of anilines is 2. The number of halogens is 3. The quantitative estimate of drug-likeness (QED) is 0.762. The third kappa shape index (κ3) is 5.46. The maximum absolute atomic E-state index is 6.12. The number of rotatable bonds is 4. The van der Waals surface area contributed by atoms with Gasteiger partial charge in [0.05, 0.1) is 5.69 Å². The van der Waals surface area contributed by atoms with Gasteiger partial charge in [0.1, 0.15) is 5.02 Å². The minimum atomic E-state index is 0. The second kappa shape index (κ2) is 9.41. The number of hydrogen-bond acceptors (Lipinski definition) is 6. The maximum Gasteiger partial charge on any atom is 0.222 e. The zero-order valence-electron chi connectivity index (χ0n) is 11.4. The number of piperazine rings is 1. The number of nitrogen functional groups attached to an aromatic ring is 1. The number of hydrogen-bond donors (Lipinski definition) is 3. The van der Waals surface area contributed by atoms with Gasteiger partial charge in [0.2, 0.25) is 5.95 Å². The number of aryl methyl sites for hydroxylation is 1. The zero-order valence-corrected chi connectivity index (χ0v) is 13.7. The Balaban J connectivity index is 0.00000180. The highest BCUT2D eigenvalue weighted by Crippen LogP contribution is 2.22. The van der Waals surface area contributed by atoms with E-state index in [2.05, 4.69) is 25.5 Å². The van der Waals surface area contributed by atoms with E-state index in [0.717, 1.165) is 39.3 Å². The van der Waals surface area contributed by atoms with Crippen molar-refractivity contribution in [2.75, 3.05) is 50.3 Å². The average molecular weight is 344 g/mol. The highest BCUT2D eigenvalue weighted by molar-refractivity contribution is 6.33. The molecule has 0 atom stereocenters. The van der Waals surface area contributed by atoms with E-state index in [1.165, 1.54) is 0 Å². The van der Waals surface area contributed by atoms with Crippen molar-refractivity contribution < 1.29 is 0 Å². The summed E-state index contributed by atoms with van der Waals surface area (Å²) in [7, 11) is 0. The fourth-order valence-corrected chi connectivity index (χ4v) is 2.12. The summed E-state index contributed by atoms with van der Waals surface area (Å²) in [6, 6.07) is 0. The molecule has 1 aromatic heterocycles. The molecule has 1 fully saturated rings. The Hall–Kier alpha value is -0.530. The van der Waals surface area contributed by atoms with Gasteiger partial charge in [-0.2, -0.15) is 4.98 Å². The molecule has 6 nitrogen and oxygen atoms in total. The van der Waals surface area contributed by atoms with E-state index in [-0.39, 0.29) is 30.8 Å². The van der Waals surface area contributed by atoms with Gasteiger partial charge in [0, 0.05) is 39.3 Å². The average Bonchev–Trinajstić information content (AvgIpc) is 2.36. The molecule has 0 aromatic carbocycles. The van der Waals surface area contributed by atoms with Crippen LogP contribution in [0.4, 0.5) is 11.8 Å². The summed E-state index contributed by atoms with van der Waals surface area (Å²) in [5.41, 5.74) is 6.31. The van der Waals surface area contributed by atoms with E-state index in [0.29, 0.717) is 16.5 Å². The van der Waals surface area contributed by atoms with E-state index in [1.54, 1.807) is 0 Å². The molecule has 0 radical (unpaired) electrons. The van der Waals surface area contributed by atoms with Gasteiger partial charge in [-0.25, -0.2) is 4.98 Å². The molecule has 116 valence electrons. The number of nitrogens with zero attached hydrogens (tertiary/aromatic N) is 3. The molecule has 4 N–H and O–H groups in total. The minimum absolute atomic E-state index is 0.